The summed E-state index contributed by atoms with van der Waals surface area (Å²) >= 11 is 0. The summed E-state index contributed by atoms with van der Waals surface area (Å²) < 4.78 is 4.96. The summed E-state index contributed by atoms with van der Waals surface area (Å²) in [4.78, 5) is 8.61. The van der Waals surface area contributed by atoms with Gasteiger partial charge in [-0.3, -0.25) is 0 Å². The van der Waals surface area contributed by atoms with Gasteiger partial charge in [0.05, 0.1) is 12.7 Å². The van der Waals surface area contributed by atoms with E-state index in [0.717, 1.165) is 5.56 Å². The molecule has 0 aliphatic rings. The fraction of sp³-hybridized carbons (Fsp3) is 0.455. The Morgan fingerprint density at radius 1 is 1.33 bits per heavy atom. The van der Waals surface area contributed by atoms with Gasteiger partial charge in [0.1, 0.15) is 0 Å². The topological polar surface area (TPSA) is 49.7 Å². The quantitative estimate of drug-likeness (QED) is 0.760. The van der Waals surface area contributed by atoms with Crippen LogP contribution in [0.15, 0.2) is 30.3 Å². The van der Waals surface area contributed by atoms with Crippen LogP contribution in [0.25, 0.3) is 0 Å². The highest BCUT2D eigenvalue weighted by molar-refractivity contribution is 7.24. The normalized spacial score (nSPS) is 14.7. The number of hydrogen-bond acceptors (Lipinski definition) is 3. The first-order chi connectivity index (χ1) is 7.08. The van der Waals surface area contributed by atoms with Gasteiger partial charge in [0.25, 0.3) is 0 Å². The second-order valence-corrected chi connectivity index (χ2v) is 4.65. The number of rotatable bonds is 5. The molecule has 0 saturated heterocycles. The van der Waals surface area contributed by atoms with E-state index in [0.29, 0.717) is 6.61 Å². The van der Waals surface area contributed by atoms with Gasteiger partial charge in [-0.15, -0.1) is 0 Å². The molecule has 0 bridgehead atoms. The summed E-state index contributed by atoms with van der Waals surface area (Å²) in [5.74, 6) is 0. The SMILES string of the molecule is CC(C)(COPO)C(O)c1ccccc1. The van der Waals surface area contributed by atoms with Crippen LogP contribution in [0.3, 0.4) is 0 Å². The Morgan fingerprint density at radius 3 is 2.47 bits per heavy atom. The van der Waals surface area contributed by atoms with Gasteiger partial charge in [-0.2, -0.15) is 0 Å². The molecular weight excluding hydrogens is 211 g/mol. The first kappa shape index (κ1) is 12.6. The van der Waals surface area contributed by atoms with Crippen LogP contribution in [0.2, 0.25) is 0 Å². The molecule has 0 amide bonds. The fourth-order valence-corrected chi connectivity index (χ4v) is 1.82. The monoisotopic (exact) mass is 228 g/mol. The number of benzene rings is 1. The van der Waals surface area contributed by atoms with Gasteiger partial charge in [-0.25, -0.2) is 0 Å². The second kappa shape index (κ2) is 5.57. The van der Waals surface area contributed by atoms with Crippen LogP contribution in [-0.4, -0.2) is 16.6 Å². The van der Waals surface area contributed by atoms with Crippen LogP contribution in [0, 0.1) is 5.41 Å². The zero-order chi connectivity index (χ0) is 11.3. The van der Waals surface area contributed by atoms with Crippen molar-refractivity contribution < 1.29 is 14.5 Å². The molecule has 84 valence electrons. The van der Waals surface area contributed by atoms with Crippen LogP contribution < -0.4 is 0 Å². The third kappa shape index (κ3) is 3.54. The van der Waals surface area contributed by atoms with E-state index in [9.17, 15) is 5.11 Å². The maximum atomic E-state index is 10.1. The van der Waals surface area contributed by atoms with Crippen LogP contribution in [0.5, 0.6) is 0 Å². The third-order valence-electron chi connectivity index (χ3n) is 2.36. The molecule has 0 aliphatic carbocycles. The Labute approximate surface area is 92.0 Å². The molecular formula is C11H17O3P. The minimum Gasteiger partial charge on any atom is -0.388 e. The Bertz CT molecular complexity index is 287. The first-order valence-electron chi connectivity index (χ1n) is 4.82. The molecule has 0 heterocycles. The Hall–Kier alpha value is -0.470. The van der Waals surface area contributed by atoms with E-state index in [1.54, 1.807) is 0 Å². The van der Waals surface area contributed by atoms with Gasteiger partial charge in [0.15, 0.2) is 9.03 Å². The van der Waals surface area contributed by atoms with Crippen molar-refractivity contribution >= 4 is 9.03 Å². The van der Waals surface area contributed by atoms with Crippen molar-refractivity contribution in [2.24, 2.45) is 5.41 Å². The van der Waals surface area contributed by atoms with E-state index in [2.05, 4.69) is 0 Å². The van der Waals surface area contributed by atoms with Crippen molar-refractivity contribution in [2.45, 2.75) is 20.0 Å². The zero-order valence-corrected chi connectivity index (χ0v) is 9.97. The number of hydrogen-bond donors (Lipinski definition) is 2. The summed E-state index contributed by atoms with van der Waals surface area (Å²) in [7, 11) is -0.529. The molecule has 2 N–H and O–H groups in total. The molecule has 2 unspecified atom stereocenters. The Kier molecular flexibility index (Phi) is 4.68. The van der Waals surface area contributed by atoms with Crippen LogP contribution >= 0.6 is 9.03 Å². The molecule has 0 radical (unpaired) electrons. The van der Waals surface area contributed by atoms with Crippen molar-refractivity contribution in [2.75, 3.05) is 6.61 Å². The lowest BCUT2D eigenvalue weighted by molar-refractivity contribution is 0.0161. The van der Waals surface area contributed by atoms with Crippen molar-refractivity contribution in [3.63, 3.8) is 0 Å². The highest BCUT2D eigenvalue weighted by atomic mass is 31.1. The zero-order valence-electron chi connectivity index (χ0n) is 8.97. The van der Waals surface area contributed by atoms with E-state index >= 15 is 0 Å². The predicted octanol–water partition coefficient (Wildman–Crippen LogP) is 2.26. The Morgan fingerprint density at radius 2 is 1.93 bits per heavy atom. The molecule has 1 rings (SSSR count). The van der Waals surface area contributed by atoms with Gasteiger partial charge in [-0.1, -0.05) is 44.2 Å². The van der Waals surface area contributed by atoms with Gasteiger partial charge < -0.3 is 14.5 Å². The minimum absolute atomic E-state index is 0.331. The maximum absolute atomic E-state index is 10.1. The Balaban J connectivity index is 2.70. The summed E-state index contributed by atoms with van der Waals surface area (Å²) in [5.41, 5.74) is 0.462. The lowest BCUT2D eigenvalue weighted by Crippen LogP contribution is -2.26. The van der Waals surface area contributed by atoms with E-state index < -0.39 is 20.6 Å². The summed E-state index contributed by atoms with van der Waals surface area (Å²) in [6, 6.07) is 9.46. The van der Waals surface area contributed by atoms with Gasteiger partial charge in [-0.05, 0) is 5.56 Å². The average molecular weight is 228 g/mol. The number of aliphatic hydroxyl groups is 1. The van der Waals surface area contributed by atoms with E-state index in [1.807, 2.05) is 44.2 Å². The first-order valence-corrected chi connectivity index (χ1v) is 5.67. The van der Waals surface area contributed by atoms with Gasteiger partial charge in [0.2, 0.25) is 0 Å². The summed E-state index contributed by atoms with van der Waals surface area (Å²) in [6.07, 6.45) is -0.588. The van der Waals surface area contributed by atoms with Gasteiger partial charge in [0, 0.05) is 5.41 Å². The van der Waals surface area contributed by atoms with E-state index in [1.165, 1.54) is 0 Å². The lowest BCUT2D eigenvalue weighted by Gasteiger charge is -2.30. The summed E-state index contributed by atoms with van der Waals surface area (Å²) in [6.45, 7) is 4.15. The molecule has 15 heavy (non-hydrogen) atoms. The van der Waals surface area contributed by atoms with Crippen LogP contribution in [0.4, 0.5) is 0 Å². The minimum atomic E-state index is -0.588. The lowest BCUT2D eigenvalue weighted by atomic mass is 9.83. The summed E-state index contributed by atoms with van der Waals surface area (Å²) in [5, 5.41) is 10.1. The molecule has 1 aromatic rings. The molecule has 0 spiro atoms. The highest BCUT2D eigenvalue weighted by Gasteiger charge is 2.29. The average Bonchev–Trinajstić information content (AvgIpc) is 2.26. The number of aliphatic hydroxyl groups excluding tert-OH is 1. The van der Waals surface area contributed by atoms with E-state index in [4.69, 9.17) is 9.42 Å². The smallest absolute Gasteiger partial charge is 0.152 e. The molecule has 4 heteroatoms. The molecule has 0 aromatic heterocycles. The molecule has 3 nitrogen and oxygen atoms in total. The van der Waals surface area contributed by atoms with Crippen LogP contribution in [0.1, 0.15) is 25.5 Å². The van der Waals surface area contributed by atoms with Crippen molar-refractivity contribution in [1.82, 2.24) is 0 Å². The highest BCUT2D eigenvalue weighted by Crippen LogP contribution is 2.34. The fourth-order valence-electron chi connectivity index (χ4n) is 1.38. The predicted molar refractivity (Wildman–Crippen MR) is 61.7 cm³/mol. The molecule has 1 aromatic carbocycles. The molecule has 0 saturated carbocycles. The third-order valence-corrected chi connectivity index (χ3v) is 2.64. The van der Waals surface area contributed by atoms with Crippen molar-refractivity contribution in [1.29, 1.82) is 0 Å². The van der Waals surface area contributed by atoms with Gasteiger partial charge >= 0.3 is 0 Å². The standard InChI is InChI=1S/C11H17O3P/c1-11(2,8-14-15-13)10(12)9-6-4-3-5-7-9/h3-7,10,12-13,15H,8H2,1-2H3. The van der Waals surface area contributed by atoms with E-state index in [-0.39, 0.29) is 0 Å². The van der Waals surface area contributed by atoms with Crippen LogP contribution in [-0.2, 0) is 4.52 Å². The molecule has 0 aliphatic heterocycles. The van der Waals surface area contributed by atoms with Crippen molar-refractivity contribution in [3.8, 4) is 0 Å². The maximum Gasteiger partial charge on any atom is 0.152 e. The molecule has 2 atom stereocenters. The molecule has 0 fully saturated rings. The largest absolute Gasteiger partial charge is 0.388 e. The van der Waals surface area contributed by atoms with Crippen molar-refractivity contribution in [3.05, 3.63) is 35.9 Å². The second-order valence-electron chi connectivity index (χ2n) is 4.18.